The second-order valence-corrected chi connectivity index (χ2v) is 5.37. The number of urea groups is 1. The number of aryl methyl sites for hydroxylation is 2. The fourth-order valence-corrected chi connectivity index (χ4v) is 2.36. The number of benzene rings is 1. The molecule has 1 atom stereocenters. The van der Waals surface area contributed by atoms with Gasteiger partial charge in [-0.25, -0.2) is 9.18 Å². The van der Waals surface area contributed by atoms with Crippen molar-refractivity contribution in [2.45, 2.75) is 39.3 Å². The minimum Gasteiger partial charge on any atom is -0.387 e. The van der Waals surface area contributed by atoms with Gasteiger partial charge in [0, 0.05) is 25.1 Å². The first kappa shape index (κ1) is 17.9. The van der Waals surface area contributed by atoms with Gasteiger partial charge in [-0.05, 0) is 24.1 Å². The van der Waals surface area contributed by atoms with Crippen LogP contribution in [0.3, 0.4) is 0 Å². The Labute approximate surface area is 140 Å². The molecule has 0 fully saturated rings. The molecule has 2 aromatic rings. The van der Waals surface area contributed by atoms with Crippen LogP contribution in [0.5, 0.6) is 0 Å². The van der Waals surface area contributed by atoms with Crippen molar-refractivity contribution >= 4 is 6.03 Å². The zero-order chi connectivity index (χ0) is 17.5. The summed E-state index contributed by atoms with van der Waals surface area (Å²) in [5.41, 5.74) is 2.27. The molecule has 0 radical (unpaired) electrons. The van der Waals surface area contributed by atoms with Crippen LogP contribution in [0.25, 0.3) is 0 Å². The number of aliphatic hydroxyl groups excluding tert-OH is 1. The third-order valence-corrected chi connectivity index (χ3v) is 3.74. The number of aromatic nitrogens is 1. The fourth-order valence-electron chi connectivity index (χ4n) is 2.36. The summed E-state index contributed by atoms with van der Waals surface area (Å²) in [6, 6.07) is 5.10. The summed E-state index contributed by atoms with van der Waals surface area (Å²) < 4.78 is 18.1. The standard InChI is InChI=1S/C17H22FN3O3/c1-3-14-13(16(4-2)24-21-14)9-19-17(23)20-10-15(22)11-5-7-12(18)8-6-11/h5-8,15,22H,3-4,9-10H2,1-2H3,(H2,19,20,23). The molecule has 2 rings (SSSR count). The van der Waals surface area contributed by atoms with Crippen molar-refractivity contribution in [1.82, 2.24) is 15.8 Å². The maximum atomic E-state index is 12.8. The monoisotopic (exact) mass is 335 g/mol. The molecule has 0 spiro atoms. The Balaban J connectivity index is 1.83. The SMILES string of the molecule is CCc1noc(CC)c1CNC(=O)NCC(O)c1ccc(F)cc1. The van der Waals surface area contributed by atoms with E-state index in [-0.39, 0.29) is 12.4 Å². The molecule has 0 aliphatic carbocycles. The Morgan fingerprint density at radius 1 is 1.25 bits per heavy atom. The Kier molecular flexibility index (Phi) is 6.31. The minimum atomic E-state index is -0.899. The molecule has 3 N–H and O–H groups in total. The number of aliphatic hydroxyl groups is 1. The van der Waals surface area contributed by atoms with Gasteiger partial charge in [0.15, 0.2) is 0 Å². The van der Waals surface area contributed by atoms with Crippen LogP contribution in [0.1, 0.15) is 42.5 Å². The number of carbonyl (C=O) groups excluding carboxylic acids is 1. The summed E-state index contributed by atoms with van der Waals surface area (Å²) in [7, 11) is 0. The molecule has 1 aromatic carbocycles. The van der Waals surface area contributed by atoms with Gasteiger partial charge in [-0.2, -0.15) is 0 Å². The van der Waals surface area contributed by atoms with Gasteiger partial charge in [0.2, 0.25) is 0 Å². The van der Waals surface area contributed by atoms with Crippen LogP contribution in [-0.2, 0) is 19.4 Å². The molecule has 2 amide bonds. The van der Waals surface area contributed by atoms with Gasteiger partial charge in [0.25, 0.3) is 0 Å². The zero-order valence-corrected chi connectivity index (χ0v) is 13.8. The lowest BCUT2D eigenvalue weighted by Crippen LogP contribution is -2.37. The molecule has 6 nitrogen and oxygen atoms in total. The fraction of sp³-hybridized carbons (Fsp3) is 0.412. The van der Waals surface area contributed by atoms with Crippen LogP contribution in [0.2, 0.25) is 0 Å². The summed E-state index contributed by atoms with van der Waals surface area (Å²) in [6.45, 7) is 4.28. The van der Waals surface area contributed by atoms with E-state index in [9.17, 15) is 14.3 Å². The highest BCUT2D eigenvalue weighted by Crippen LogP contribution is 2.15. The smallest absolute Gasteiger partial charge is 0.315 e. The van der Waals surface area contributed by atoms with Gasteiger partial charge in [-0.3, -0.25) is 0 Å². The second kappa shape index (κ2) is 8.44. The summed E-state index contributed by atoms with van der Waals surface area (Å²) in [4.78, 5) is 11.9. The van der Waals surface area contributed by atoms with Crippen molar-refractivity contribution in [2.75, 3.05) is 6.54 Å². The largest absolute Gasteiger partial charge is 0.387 e. The van der Waals surface area contributed by atoms with Crippen molar-refractivity contribution in [3.8, 4) is 0 Å². The number of rotatable bonds is 7. The minimum absolute atomic E-state index is 0.0301. The maximum Gasteiger partial charge on any atom is 0.315 e. The first-order chi connectivity index (χ1) is 11.5. The van der Waals surface area contributed by atoms with E-state index in [1.165, 1.54) is 24.3 Å². The summed E-state index contributed by atoms with van der Waals surface area (Å²) >= 11 is 0. The molecular weight excluding hydrogens is 313 g/mol. The normalized spacial score (nSPS) is 12.0. The van der Waals surface area contributed by atoms with E-state index in [0.29, 0.717) is 18.5 Å². The summed E-state index contributed by atoms with van der Waals surface area (Å²) in [6.07, 6.45) is 0.532. The molecule has 7 heteroatoms. The maximum absolute atomic E-state index is 12.8. The lowest BCUT2D eigenvalue weighted by Gasteiger charge is -2.13. The van der Waals surface area contributed by atoms with E-state index < -0.39 is 12.1 Å². The second-order valence-electron chi connectivity index (χ2n) is 5.37. The van der Waals surface area contributed by atoms with Crippen LogP contribution < -0.4 is 10.6 Å². The van der Waals surface area contributed by atoms with Gasteiger partial charge in [0.05, 0.1) is 11.8 Å². The highest BCUT2D eigenvalue weighted by molar-refractivity contribution is 5.73. The molecule has 0 aliphatic heterocycles. The Morgan fingerprint density at radius 2 is 1.96 bits per heavy atom. The van der Waals surface area contributed by atoms with Crippen LogP contribution >= 0.6 is 0 Å². The van der Waals surface area contributed by atoms with Crippen molar-refractivity contribution in [1.29, 1.82) is 0 Å². The Hall–Kier alpha value is -2.41. The number of hydrogen-bond acceptors (Lipinski definition) is 4. The number of carbonyl (C=O) groups is 1. The average molecular weight is 335 g/mol. The zero-order valence-electron chi connectivity index (χ0n) is 13.8. The van der Waals surface area contributed by atoms with E-state index in [1.54, 1.807) is 0 Å². The first-order valence-corrected chi connectivity index (χ1v) is 7.96. The molecule has 1 aromatic heterocycles. The molecular formula is C17H22FN3O3. The quantitative estimate of drug-likeness (QED) is 0.725. The van der Waals surface area contributed by atoms with Crippen molar-refractivity contribution in [2.24, 2.45) is 0 Å². The molecule has 1 unspecified atom stereocenters. The lowest BCUT2D eigenvalue weighted by molar-refractivity contribution is 0.173. The Bertz CT molecular complexity index is 649. The van der Waals surface area contributed by atoms with E-state index >= 15 is 0 Å². The van der Waals surface area contributed by atoms with Crippen molar-refractivity contribution in [3.05, 3.63) is 52.7 Å². The Morgan fingerprint density at radius 3 is 2.58 bits per heavy atom. The highest BCUT2D eigenvalue weighted by atomic mass is 19.1. The van der Waals surface area contributed by atoms with Gasteiger partial charge < -0.3 is 20.3 Å². The molecule has 0 saturated heterocycles. The predicted molar refractivity (Wildman–Crippen MR) is 86.9 cm³/mol. The van der Waals surface area contributed by atoms with Gasteiger partial charge >= 0.3 is 6.03 Å². The predicted octanol–water partition coefficient (Wildman–Crippen LogP) is 2.47. The lowest BCUT2D eigenvalue weighted by atomic mass is 10.1. The highest BCUT2D eigenvalue weighted by Gasteiger charge is 2.15. The van der Waals surface area contributed by atoms with Crippen molar-refractivity contribution in [3.63, 3.8) is 0 Å². The van der Waals surface area contributed by atoms with E-state index in [2.05, 4.69) is 15.8 Å². The number of hydrogen-bond donors (Lipinski definition) is 3. The van der Waals surface area contributed by atoms with Crippen LogP contribution in [0.15, 0.2) is 28.8 Å². The number of amides is 2. The van der Waals surface area contributed by atoms with E-state index in [1.807, 2.05) is 13.8 Å². The van der Waals surface area contributed by atoms with Crippen LogP contribution in [0.4, 0.5) is 9.18 Å². The number of halogens is 1. The van der Waals surface area contributed by atoms with Gasteiger partial charge in [-0.1, -0.05) is 31.1 Å². The third-order valence-electron chi connectivity index (χ3n) is 3.74. The number of nitrogens with one attached hydrogen (secondary N) is 2. The van der Waals surface area contributed by atoms with Gasteiger partial charge in [-0.15, -0.1) is 0 Å². The molecule has 0 bridgehead atoms. The number of nitrogens with zero attached hydrogens (tertiary/aromatic N) is 1. The van der Waals surface area contributed by atoms with Crippen molar-refractivity contribution < 1.29 is 18.8 Å². The van der Waals surface area contributed by atoms with Gasteiger partial charge in [0.1, 0.15) is 11.6 Å². The molecule has 24 heavy (non-hydrogen) atoms. The van der Waals surface area contributed by atoms with Crippen LogP contribution in [-0.4, -0.2) is 22.8 Å². The van der Waals surface area contributed by atoms with Crippen LogP contribution in [0, 0.1) is 5.82 Å². The summed E-state index contributed by atoms with van der Waals surface area (Å²) in [5, 5.41) is 19.3. The summed E-state index contributed by atoms with van der Waals surface area (Å²) in [5.74, 6) is 0.391. The average Bonchev–Trinajstić information content (AvgIpc) is 3.00. The molecule has 130 valence electrons. The topological polar surface area (TPSA) is 87.4 Å². The third kappa shape index (κ3) is 4.55. The first-order valence-electron chi connectivity index (χ1n) is 7.96. The molecule has 0 saturated carbocycles. The molecule has 0 aliphatic rings. The van der Waals surface area contributed by atoms with E-state index in [4.69, 9.17) is 4.52 Å². The van der Waals surface area contributed by atoms with E-state index in [0.717, 1.165) is 23.4 Å². The molecule has 1 heterocycles.